The summed E-state index contributed by atoms with van der Waals surface area (Å²) in [7, 11) is -5.08. The van der Waals surface area contributed by atoms with Crippen molar-refractivity contribution in [2.45, 2.75) is 30.7 Å². The fourth-order valence-electron chi connectivity index (χ4n) is 3.06. The van der Waals surface area contributed by atoms with Crippen LogP contribution in [0, 0.1) is 11.3 Å². The van der Waals surface area contributed by atoms with E-state index in [0.29, 0.717) is 11.1 Å². The van der Waals surface area contributed by atoms with Crippen LogP contribution < -0.4 is 4.74 Å². The minimum Gasteiger partial charge on any atom is -0.460 e. The minimum atomic E-state index is -5.08. The van der Waals surface area contributed by atoms with Crippen molar-refractivity contribution in [3.05, 3.63) is 53.1 Å². The van der Waals surface area contributed by atoms with E-state index in [-0.39, 0.29) is 10.8 Å². The van der Waals surface area contributed by atoms with Crippen molar-refractivity contribution in [1.29, 1.82) is 5.26 Å². The molecule has 5 N–H and O–H groups in total. The molecule has 0 radical (unpaired) electrons. The van der Waals surface area contributed by atoms with Crippen LogP contribution in [0.25, 0.3) is 11.1 Å². The number of benzene rings is 2. The van der Waals surface area contributed by atoms with Gasteiger partial charge >= 0.3 is 7.82 Å². The number of aliphatic hydroxyl groups is 3. The number of phosphoric acid groups is 1. The van der Waals surface area contributed by atoms with Crippen LogP contribution in [0.1, 0.15) is 5.56 Å². The molecule has 166 valence electrons. The van der Waals surface area contributed by atoms with Gasteiger partial charge in [-0.3, -0.25) is 4.52 Å². The second-order valence-corrected chi connectivity index (χ2v) is 8.32. The van der Waals surface area contributed by atoms with Gasteiger partial charge in [0.05, 0.1) is 23.3 Å². The summed E-state index contributed by atoms with van der Waals surface area (Å²) >= 11 is 6.28. The van der Waals surface area contributed by atoms with Crippen molar-refractivity contribution in [2.24, 2.45) is 0 Å². The lowest BCUT2D eigenvalue weighted by Crippen LogP contribution is -2.60. The molecule has 0 aliphatic carbocycles. The van der Waals surface area contributed by atoms with Crippen LogP contribution in [0.4, 0.5) is 0 Å². The molecule has 1 fully saturated rings. The Hall–Kier alpha value is -2.03. The number of hydrogen-bond donors (Lipinski definition) is 5. The van der Waals surface area contributed by atoms with Gasteiger partial charge < -0.3 is 34.6 Å². The SMILES string of the molecule is N#Cc1ccc(-c2ccc(O[C@H]3O[C@H](CO)[C@@H](O)[C@H](O)[C@@H]3OP(=O)(O)O)c(Cl)c2)cc1. The normalized spacial score (nSPS) is 26.3. The molecule has 0 aromatic heterocycles. The standard InChI is InChI=1S/C19H19ClNO9P/c20-13-7-12(11-3-1-10(8-21)2-4-11)5-6-14(13)28-19-18(30-31(25,26)27)17(24)16(23)15(9-22)29-19/h1-7,15-19,22-24H,9H2,(H2,25,26,27)/t15-,16-,17+,18+,19+/m1/s1. The van der Waals surface area contributed by atoms with Crippen molar-refractivity contribution in [3.63, 3.8) is 0 Å². The number of hydrogen-bond acceptors (Lipinski definition) is 8. The highest BCUT2D eigenvalue weighted by Crippen LogP contribution is 2.42. The number of nitriles is 1. The van der Waals surface area contributed by atoms with Crippen molar-refractivity contribution in [2.75, 3.05) is 6.61 Å². The Morgan fingerprint density at radius 3 is 2.29 bits per heavy atom. The fourth-order valence-corrected chi connectivity index (χ4v) is 3.83. The zero-order valence-electron chi connectivity index (χ0n) is 15.8. The van der Waals surface area contributed by atoms with Crippen LogP contribution in [0.2, 0.25) is 5.02 Å². The van der Waals surface area contributed by atoms with E-state index in [2.05, 4.69) is 4.52 Å². The highest BCUT2D eigenvalue weighted by Gasteiger charge is 2.49. The average Bonchev–Trinajstić information content (AvgIpc) is 2.73. The highest BCUT2D eigenvalue weighted by molar-refractivity contribution is 7.46. The maximum atomic E-state index is 11.3. The highest BCUT2D eigenvalue weighted by atomic mass is 35.5. The summed E-state index contributed by atoms with van der Waals surface area (Å²) < 4.78 is 26.7. The second kappa shape index (κ2) is 9.63. The summed E-state index contributed by atoms with van der Waals surface area (Å²) in [5.41, 5.74) is 1.99. The third kappa shape index (κ3) is 5.61. The molecular formula is C19H19ClNO9P. The van der Waals surface area contributed by atoms with Crippen molar-refractivity contribution in [3.8, 4) is 22.9 Å². The number of halogens is 1. The Morgan fingerprint density at radius 1 is 1.10 bits per heavy atom. The number of aliphatic hydroxyl groups excluding tert-OH is 3. The Labute approximate surface area is 182 Å². The first-order chi connectivity index (χ1) is 14.6. The molecule has 31 heavy (non-hydrogen) atoms. The molecule has 3 rings (SSSR count). The number of ether oxygens (including phenoxy) is 2. The summed E-state index contributed by atoms with van der Waals surface area (Å²) in [4.78, 5) is 18.2. The maximum absolute atomic E-state index is 11.3. The summed E-state index contributed by atoms with van der Waals surface area (Å²) in [6, 6.07) is 13.5. The zero-order valence-corrected chi connectivity index (χ0v) is 17.4. The summed E-state index contributed by atoms with van der Waals surface area (Å²) in [5.74, 6) is 0.0450. The molecule has 0 bridgehead atoms. The molecule has 1 heterocycles. The second-order valence-electron chi connectivity index (χ2n) is 6.72. The van der Waals surface area contributed by atoms with Gasteiger partial charge in [0.15, 0.2) is 6.10 Å². The molecule has 0 amide bonds. The molecule has 0 unspecified atom stereocenters. The lowest BCUT2D eigenvalue weighted by molar-refractivity contribution is -0.273. The minimum absolute atomic E-state index is 0.0450. The first-order valence-corrected chi connectivity index (χ1v) is 10.9. The molecule has 1 saturated heterocycles. The fraction of sp³-hybridized carbons (Fsp3) is 0.316. The number of rotatable bonds is 6. The van der Waals surface area contributed by atoms with Gasteiger partial charge in [-0.2, -0.15) is 5.26 Å². The molecule has 2 aromatic carbocycles. The summed E-state index contributed by atoms with van der Waals surface area (Å²) in [6.45, 7) is -0.688. The molecule has 0 spiro atoms. The van der Waals surface area contributed by atoms with E-state index in [1.807, 2.05) is 6.07 Å². The average molecular weight is 472 g/mol. The Kier molecular flexibility index (Phi) is 7.34. The predicted octanol–water partition coefficient (Wildman–Crippen LogP) is 1.17. The predicted molar refractivity (Wildman–Crippen MR) is 107 cm³/mol. The van der Waals surface area contributed by atoms with Crippen molar-refractivity contribution in [1.82, 2.24) is 0 Å². The molecule has 2 aromatic rings. The lowest BCUT2D eigenvalue weighted by atomic mass is 9.99. The molecule has 1 aliphatic heterocycles. The van der Waals surface area contributed by atoms with E-state index < -0.39 is 45.1 Å². The topological polar surface area (TPSA) is 170 Å². The Morgan fingerprint density at radius 2 is 1.74 bits per heavy atom. The van der Waals surface area contributed by atoms with E-state index in [9.17, 15) is 19.9 Å². The van der Waals surface area contributed by atoms with Gasteiger partial charge in [0.1, 0.15) is 24.1 Å². The van der Waals surface area contributed by atoms with Gasteiger partial charge in [0, 0.05) is 0 Å². The molecule has 5 atom stereocenters. The van der Waals surface area contributed by atoms with E-state index in [1.165, 1.54) is 6.07 Å². The zero-order chi connectivity index (χ0) is 22.8. The van der Waals surface area contributed by atoms with Crippen molar-refractivity contribution >= 4 is 19.4 Å². The van der Waals surface area contributed by atoms with E-state index in [0.717, 1.165) is 5.56 Å². The monoisotopic (exact) mass is 471 g/mol. The molecular weight excluding hydrogens is 453 g/mol. The molecule has 12 heteroatoms. The summed E-state index contributed by atoms with van der Waals surface area (Å²) in [6.07, 6.45) is -8.14. The van der Waals surface area contributed by atoms with E-state index >= 15 is 0 Å². The van der Waals surface area contributed by atoms with Crippen molar-refractivity contribution < 1.29 is 43.7 Å². The maximum Gasteiger partial charge on any atom is 0.470 e. The van der Waals surface area contributed by atoms with Gasteiger partial charge in [0.2, 0.25) is 6.29 Å². The van der Waals surface area contributed by atoms with E-state index in [4.69, 9.17) is 36.1 Å². The largest absolute Gasteiger partial charge is 0.470 e. The van der Waals surface area contributed by atoms with Crippen LogP contribution in [0.15, 0.2) is 42.5 Å². The van der Waals surface area contributed by atoms with Crippen LogP contribution in [-0.2, 0) is 13.8 Å². The quantitative estimate of drug-likeness (QED) is 0.385. The number of nitrogens with zero attached hydrogens (tertiary/aromatic N) is 1. The lowest BCUT2D eigenvalue weighted by Gasteiger charge is -2.41. The van der Waals surface area contributed by atoms with Crippen LogP contribution in [0.3, 0.4) is 0 Å². The van der Waals surface area contributed by atoms with E-state index in [1.54, 1.807) is 36.4 Å². The van der Waals surface area contributed by atoms with Gasteiger partial charge in [-0.25, -0.2) is 4.57 Å². The van der Waals surface area contributed by atoms with Gasteiger partial charge in [-0.15, -0.1) is 0 Å². The third-order valence-corrected chi connectivity index (χ3v) is 5.42. The van der Waals surface area contributed by atoms with Gasteiger partial charge in [-0.1, -0.05) is 29.8 Å². The number of phosphoric ester groups is 1. The van der Waals surface area contributed by atoms with Gasteiger partial charge in [0.25, 0.3) is 0 Å². The van der Waals surface area contributed by atoms with Crippen LogP contribution >= 0.6 is 19.4 Å². The molecule has 10 nitrogen and oxygen atoms in total. The Bertz CT molecular complexity index is 1010. The van der Waals surface area contributed by atoms with Crippen LogP contribution in [0.5, 0.6) is 5.75 Å². The first-order valence-electron chi connectivity index (χ1n) is 8.96. The molecule has 0 saturated carbocycles. The third-order valence-electron chi connectivity index (χ3n) is 4.61. The van der Waals surface area contributed by atoms with Gasteiger partial charge in [-0.05, 0) is 35.4 Å². The Balaban J connectivity index is 1.85. The molecule has 1 aliphatic rings. The first kappa shape index (κ1) is 23.6. The smallest absolute Gasteiger partial charge is 0.460 e. The summed E-state index contributed by atoms with van der Waals surface area (Å²) in [5, 5.41) is 38.5. The van der Waals surface area contributed by atoms with Crippen LogP contribution in [-0.4, -0.2) is 62.4 Å².